The number of carboxylic acids is 1. The number of rotatable bonds is 13. The Balaban J connectivity index is 1.31. The predicted octanol–water partition coefficient (Wildman–Crippen LogP) is 3.34. The van der Waals surface area contributed by atoms with Crippen LogP contribution in [0.25, 0.3) is 0 Å². The number of ether oxygens (including phenoxy) is 3. The summed E-state index contributed by atoms with van der Waals surface area (Å²) in [7, 11) is 0. The number of fused-ring (bicyclic) bond motifs is 1. The van der Waals surface area contributed by atoms with Gasteiger partial charge in [0.1, 0.15) is 23.9 Å². The van der Waals surface area contributed by atoms with Gasteiger partial charge in [-0.3, -0.25) is 14.9 Å². The Morgan fingerprint density at radius 3 is 2.59 bits per heavy atom. The van der Waals surface area contributed by atoms with Gasteiger partial charge in [-0.15, -0.1) is 0 Å². The van der Waals surface area contributed by atoms with Crippen LogP contribution in [-0.4, -0.2) is 71.3 Å². The minimum Gasteiger partial charge on any atom is -0.490 e. The average Bonchev–Trinajstić information content (AvgIpc) is 3.56. The molecule has 4 rings (SSSR count). The highest BCUT2D eigenvalue weighted by molar-refractivity contribution is 5.88. The number of hydrogen-bond acceptors (Lipinski definition) is 7. The van der Waals surface area contributed by atoms with E-state index < -0.39 is 30.1 Å². The molecule has 5 atom stereocenters. The first-order valence-electron chi connectivity index (χ1n) is 13.7. The minimum absolute atomic E-state index is 0.0537. The summed E-state index contributed by atoms with van der Waals surface area (Å²) in [6.45, 7) is 4.15. The molecule has 0 aromatic heterocycles. The number of amides is 1. The van der Waals surface area contributed by atoms with Crippen molar-refractivity contribution in [2.24, 2.45) is 0 Å². The standard InChI is InChI=1S/C30H38N2O7/c1-3-37-30(36)25(14-9-13-23-16-22-12-7-8-15-27(22)39-23)31-20(2)28(33)32-18-24(17-26(32)29(34)35)38-19-21-10-5-4-6-11-21/h4-8,10-12,15,20,23-26,31H,3,9,13-14,16-19H2,1-2H3,(H,34,35)/t20?,23-,24-,25?,26?/m0/s1. The zero-order valence-corrected chi connectivity index (χ0v) is 22.6. The molecule has 0 spiro atoms. The fourth-order valence-electron chi connectivity index (χ4n) is 5.28. The topological polar surface area (TPSA) is 114 Å². The molecule has 2 aromatic carbocycles. The summed E-state index contributed by atoms with van der Waals surface area (Å²) in [4.78, 5) is 39.4. The van der Waals surface area contributed by atoms with Gasteiger partial charge in [0.05, 0.1) is 25.4 Å². The van der Waals surface area contributed by atoms with Crippen molar-refractivity contribution in [3.8, 4) is 5.75 Å². The van der Waals surface area contributed by atoms with E-state index in [1.807, 2.05) is 48.5 Å². The summed E-state index contributed by atoms with van der Waals surface area (Å²) in [5, 5.41) is 12.9. The van der Waals surface area contributed by atoms with Gasteiger partial charge in [-0.05, 0) is 50.3 Å². The lowest BCUT2D eigenvalue weighted by atomic mass is 10.0. The fourth-order valence-corrected chi connectivity index (χ4v) is 5.28. The lowest BCUT2D eigenvalue weighted by molar-refractivity contribution is -0.150. The van der Waals surface area contributed by atoms with Gasteiger partial charge in [0.25, 0.3) is 0 Å². The first-order valence-corrected chi connectivity index (χ1v) is 13.7. The maximum Gasteiger partial charge on any atom is 0.326 e. The SMILES string of the molecule is CCOC(=O)C(CCC[C@H]1Cc2ccccc2O1)NC(C)C(=O)N1C[C@@H](OCc2ccccc2)CC1C(=O)O. The van der Waals surface area contributed by atoms with Crippen LogP contribution in [-0.2, 0) is 36.9 Å². The highest BCUT2D eigenvalue weighted by atomic mass is 16.5. The molecular formula is C30H38N2O7. The maximum atomic E-state index is 13.4. The first kappa shape index (κ1) is 28.6. The Hall–Kier alpha value is -3.43. The molecule has 2 N–H and O–H groups in total. The number of carboxylic acid groups (broad SMARTS) is 1. The van der Waals surface area contributed by atoms with Crippen molar-refractivity contribution in [1.82, 2.24) is 10.2 Å². The summed E-state index contributed by atoms with van der Waals surface area (Å²) >= 11 is 0. The molecular weight excluding hydrogens is 500 g/mol. The van der Waals surface area contributed by atoms with E-state index in [0.717, 1.165) is 24.2 Å². The maximum absolute atomic E-state index is 13.4. The normalized spacial score (nSPS) is 21.6. The molecule has 210 valence electrons. The Morgan fingerprint density at radius 2 is 1.87 bits per heavy atom. The Labute approximate surface area is 229 Å². The van der Waals surface area contributed by atoms with Gasteiger partial charge in [-0.25, -0.2) is 4.79 Å². The molecule has 1 saturated heterocycles. The second-order valence-corrected chi connectivity index (χ2v) is 10.2. The predicted molar refractivity (Wildman–Crippen MR) is 144 cm³/mol. The number of carbonyl (C=O) groups excluding carboxylic acids is 2. The van der Waals surface area contributed by atoms with Crippen molar-refractivity contribution in [2.75, 3.05) is 13.2 Å². The summed E-state index contributed by atoms with van der Waals surface area (Å²) < 4.78 is 17.2. The lowest BCUT2D eigenvalue weighted by Crippen LogP contribution is -2.53. The fraction of sp³-hybridized carbons (Fsp3) is 0.500. The number of aliphatic carboxylic acids is 1. The number of carbonyl (C=O) groups is 3. The van der Waals surface area contributed by atoms with Crippen LogP contribution < -0.4 is 10.1 Å². The molecule has 2 aromatic rings. The Morgan fingerprint density at radius 1 is 1.13 bits per heavy atom. The van der Waals surface area contributed by atoms with Crippen LogP contribution in [0, 0.1) is 0 Å². The summed E-state index contributed by atoms with van der Waals surface area (Å²) in [6.07, 6.45) is 2.65. The molecule has 0 bridgehead atoms. The van der Waals surface area contributed by atoms with Crippen LogP contribution in [0.1, 0.15) is 50.7 Å². The molecule has 1 amide bonds. The summed E-state index contributed by atoms with van der Waals surface area (Å²) in [5.74, 6) is -0.961. The third-order valence-electron chi connectivity index (χ3n) is 7.28. The average molecular weight is 539 g/mol. The van der Waals surface area contributed by atoms with Crippen LogP contribution >= 0.6 is 0 Å². The number of benzene rings is 2. The molecule has 1 fully saturated rings. The van der Waals surface area contributed by atoms with Gasteiger partial charge >= 0.3 is 11.9 Å². The van der Waals surface area contributed by atoms with Crippen molar-refractivity contribution >= 4 is 17.8 Å². The van der Waals surface area contributed by atoms with E-state index in [2.05, 4.69) is 11.4 Å². The van der Waals surface area contributed by atoms with Gasteiger partial charge in [-0.1, -0.05) is 48.5 Å². The monoisotopic (exact) mass is 538 g/mol. The van der Waals surface area contributed by atoms with Crippen LogP contribution in [0.3, 0.4) is 0 Å². The smallest absolute Gasteiger partial charge is 0.326 e. The van der Waals surface area contributed by atoms with E-state index >= 15 is 0 Å². The number of para-hydroxylation sites is 1. The first-order chi connectivity index (χ1) is 18.9. The van der Waals surface area contributed by atoms with Crippen molar-refractivity contribution in [3.05, 3.63) is 65.7 Å². The highest BCUT2D eigenvalue weighted by Crippen LogP contribution is 2.30. The van der Waals surface area contributed by atoms with Crippen LogP contribution in [0.15, 0.2) is 54.6 Å². The minimum atomic E-state index is -1.07. The third-order valence-corrected chi connectivity index (χ3v) is 7.28. The molecule has 0 radical (unpaired) electrons. The molecule has 9 heteroatoms. The molecule has 9 nitrogen and oxygen atoms in total. The van der Waals surface area contributed by atoms with E-state index in [1.54, 1.807) is 13.8 Å². The molecule has 39 heavy (non-hydrogen) atoms. The molecule has 3 unspecified atom stereocenters. The van der Waals surface area contributed by atoms with E-state index in [9.17, 15) is 19.5 Å². The second-order valence-electron chi connectivity index (χ2n) is 10.2. The second kappa shape index (κ2) is 13.6. The van der Waals surface area contributed by atoms with Gasteiger partial charge in [0.15, 0.2) is 0 Å². The molecule has 0 aliphatic carbocycles. The molecule has 0 saturated carbocycles. The third kappa shape index (κ3) is 7.58. The van der Waals surface area contributed by atoms with E-state index in [4.69, 9.17) is 14.2 Å². The van der Waals surface area contributed by atoms with Crippen LogP contribution in [0.2, 0.25) is 0 Å². The highest BCUT2D eigenvalue weighted by Gasteiger charge is 2.42. The van der Waals surface area contributed by atoms with Crippen LogP contribution in [0.5, 0.6) is 5.75 Å². The van der Waals surface area contributed by atoms with Crippen molar-refractivity contribution in [1.29, 1.82) is 0 Å². The summed E-state index contributed by atoms with van der Waals surface area (Å²) in [6, 6.07) is 15.1. The van der Waals surface area contributed by atoms with Crippen molar-refractivity contribution in [3.63, 3.8) is 0 Å². The van der Waals surface area contributed by atoms with Gasteiger partial charge < -0.3 is 24.2 Å². The zero-order valence-electron chi connectivity index (χ0n) is 22.6. The number of nitrogens with one attached hydrogen (secondary N) is 1. The largest absolute Gasteiger partial charge is 0.490 e. The Kier molecular flexibility index (Phi) is 9.95. The van der Waals surface area contributed by atoms with Crippen molar-refractivity contribution < 1.29 is 33.7 Å². The molecule has 2 aliphatic rings. The van der Waals surface area contributed by atoms with Gasteiger partial charge in [-0.2, -0.15) is 0 Å². The van der Waals surface area contributed by atoms with Crippen molar-refractivity contribution in [2.45, 2.75) is 82.9 Å². The number of nitrogens with zero attached hydrogens (tertiary/aromatic N) is 1. The van der Waals surface area contributed by atoms with E-state index in [-0.39, 0.29) is 37.7 Å². The van der Waals surface area contributed by atoms with Crippen LogP contribution in [0.4, 0.5) is 0 Å². The number of hydrogen-bond donors (Lipinski definition) is 2. The summed E-state index contributed by atoms with van der Waals surface area (Å²) in [5.41, 5.74) is 2.17. The van der Waals surface area contributed by atoms with E-state index in [0.29, 0.717) is 19.4 Å². The lowest BCUT2D eigenvalue weighted by Gasteiger charge is -2.28. The number of likely N-dealkylation sites (tertiary alicyclic amines) is 1. The zero-order chi connectivity index (χ0) is 27.8. The van der Waals surface area contributed by atoms with Gasteiger partial charge in [0.2, 0.25) is 5.91 Å². The molecule has 2 aliphatic heterocycles. The quantitative estimate of drug-likeness (QED) is 0.373. The van der Waals surface area contributed by atoms with Gasteiger partial charge in [0, 0.05) is 19.4 Å². The Bertz CT molecular complexity index is 1100. The molecule has 2 heterocycles. The van der Waals surface area contributed by atoms with E-state index in [1.165, 1.54) is 10.5 Å². The number of esters is 1.